The number of hydrogen-bond acceptors (Lipinski definition) is 3. The van der Waals surface area contributed by atoms with Crippen molar-refractivity contribution < 1.29 is 13.2 Å². The second-order valence-corrected chi connectivity index (χ2v) is 7.85. The third kappa shape index (κ3) is 4.00. The minimum Gasteiger partial charge on any atom is -0.223 e. The van der Waals surface area contributed by atoms with E-state index in [0.717, 1.165) is 4.88 Å². The average Bonchev–Trinajstić information content (AvgIpc) is 2.91. The molecule has 0 saturated heterocycles. The summed E-state index contributed by atoms with van der Waals surface area (Å²) in [6.07, 6.45) is -4.43. The van der Waals surface area contributed by atoms with Gasteiger partial charge in [-0.2, -0.15) is 13.2 Å². The van der Waals surface area contributed by atoms with E-state index in [1.165, 1.54) is 16.7 Å². The van der Waals surface area contributed by atoms with Crippen molar-refractivity contribution >= 4 is 34.3 Å². The number of rotatable bonds is 0. The normalized spacial score (nSPS) is 12.1. The molecule has 1 nitrogen and oxygen atoms in total. The zero-order valence-electron chi connectivity index (χ0n) is 11.4. The van der Waals surface area contributed by atoms with Gasteiger partial charge in [0.1, 0.15) is 10.0 Å². The first kappa shape index (κ1) is 16.3. The third-order valence-corrected chi connectivity index (χ3v) is 5.17. The molecule has 0 aliphatic heterocycles. The molecule has 0 amide bonds. The lowest BCUT2D eigenvalue weighted by Crippen LogP contribution is -2.07. The van der Waals surface area contributed by atoms with Crippen molar-refractivity contribution in [2.45, 2.75) is 32.4 Å². The molecule has 21 heavy (non-hydrogen) atoms. The predicted octanol–water partition coefficient (Wildman–Crippen LogP) is 5.57. The molecule has 0 aliphatic carbocycles. The van der Waals surface area contributed by atoms with Crippen molar-refractivity contribution in [3.8, 4) is 11.8 Å². The largest absolute Gasteiger partial charge is 0.443 e. The lowest BCUT2D eigenvalue weighted by atomic mass is 9.94. The monoisotopic (exact) mass is 349 g/mol. The van der Waals surface area contributed by atoms with E-state index in [2.05, 4.69) is 37.6 Å². The SMILES string of the molecule is CC(C)(C)c1cc(C#Cc2csc(C(F)(F)F)n2)c(Cl)s1. The lowest BCUT2D eigenvalue weighted by molar-refractivity contribution is -0.137. The summed E-state index contributed by atoms with van der Waals surface area (Å²) in [6.45, 7) is 6.17. The summed E-state index contributed by atoms with van der Waals surface area (Å²) in [4.78, 5) is 4.54. The van der Waals surface area contributed by atoms with Gasteiger partial charge in [0.15, 0.2) is 5.01 Å². The fourth-order valence-corrected chi connectivity index (χ4v) is 3.28. The molecule has 0 bridgehead atoms. The topological polar surface area (TPSA) is 12.9 Å². The fraction of sp³-hybridized carbons (Fsp3) is 0.357. The van der Waals surface area contributed by atoms with Gasteiger partial charge in [-0.1, -0.05) is 38.3 Å². The Bertz CT molecular complexity index is 711. The van der Waals surface area contributed by atoms with Crippen molar-refractivity contribution in [1.82, 2.24) is 4.98 Å². The highest BCUT2D eigenvalue weighted by Gasteiger charge is 2.34. The molecule has 2 rings (SSSR count). The Kier molecular flexibility index (Phi) is 4.39. The highest BCUT2D eigenvalue weighted by atomic mass is 35.5. The van der Waals surface area contributed by atoms with Gasteiger partial charge in [-0.05, 0) is 17.4 Å². The molecule has 0 radical (unpaired) electrons. The number of thiazole rings is 1. The molecule has 2 heterocycles. The van der Waals surface area contributed by atoms with Crippen LogP contribution in [0.25, 0.3) is 0 Å². The Morgan fingerprint density at radius 2 is 1.86 bits per heavy atom. The van der Waals surface area contributed by atoms with Crippen LogP contribution in [0.3, 0.4) is 0 Å². The Hall–Kier alpha value is -1.03. The Morgan fingerprint density at radius 1 is 1.19 bits per heavy atom. The zero-order chi connectivity index (χ0) is 15.8. The van der Waals surface area contributed by atoms with E-state index < -0.39 is 11.2 Å². The molecule has 0 saturated carbocycles. The van der Waals surface area contributed by atoms with Crippen LogP contribution in [-0.2, 0) is 11.6 Å². The summed E-state index contributed by atoms with van der Waals surface area (Å²) in [5.41, 5.74) is 0.679. The standard InChI is InChI=1S/C14H11ClF3NS2/c1-13(2,3)10-6-8(11(15)21-10)4-5-9-7-20-12(19-9)14(16,17)18/h6-7H,1-3H3. The number of hydrogen-bond donors (Lipinski definition) is 0. The number of nitrogens with zero attached hydrogens (tertiary/aromatic N) is 1. The van der Waals surface area contributed by atoms with Gasteiger partial charge in [0.25, 0.3) is 0 Å². The number of halogens is 4. The van der Waals surface area contributed by atoms with Crippen LogP contribution in [0.4, 0.5) is 13.2 Å². The van der Waals surface area contributed by atoms with E-state index in [1.54, 1.807) is 0 Å². The number of alkyl halides is 3. The average molecular weight is 350 g/mol. The van der Waals surface area contributed by atoms with Crippen LogP contribution in [0.1, 0.15) is 41.9 Å². The van der Waals surface area contributed by atoms with E-state index in [-0.39, 0.29) is 11.1 Å². The summed E-state index contributed by atoms with van der Waals surface area (Å²) in [5.74, 6) is 5.42. The van der Waals surface area contributed by atoms with Gasteiger partial charge >= 0.3 is 6.18 Å². The molecule has 0 spiro atoms. The molecule has 7 heteroatoms. The van der Waals surface area contributed by atoms with Crippen molar-refractivity contribution in [3.05, 3.63) is 36.9 Å². The first-order valence-electron chi connectivity index (χ1n) is 5.92. The molecule has 0 aromatic carbocycles. The molecular formula is C14H11ClF3NS2. The molecule has 112 valence electrons. The van der Waals surface area contributed by atoms with E-state index in [4.69, 9.17) is 11.6 Å². The smallest absolute Gasteiger partial charge is 0.223 e. The highest BCUT2D eigenvalue weighted by molar-refractivity contribution is 7.16. The molecule has 0 atom stereocenters. The van der Waals surface area contributed by atoms with Crippen LogP contribution in [0.5, 0.6) is 0 Å². The summed E-state index contributed by atoms with van der Waals surface area (Å²) in [6, 6.07) is 1.87. The number of aromatic nitrogens is 1. The Balaban J connectivity index is 2.28. The molecular weight excluding hydrogens is 339 g/mol. The number of thiophene rings is 1. The predicted molar refractivity (Wildman–Crippen MR) is 81.1 cm³/mol. The van der Waals surface area contributed by atoms with Crippen LogP contribution in [0.15, 0.2) is 11.4 Å². The van der Waals surface area contributed by atoms with Gasteiger partial charge < -0.3 is 0 Å². The molecule has 0 N–H and O–H groups in total. The zero-order valence-corrected chi connectivity index (χ0v) is 13.8. The summed E-state index contributed by atoms with van der Waals surface area (Å²) >= 11 is 8.08. The van der Waals surface area contributed by atoms with Gasteiger partial charge in [-0.3, -0.25) is 0 Å². The molecule has 0 aliphatic rings. The molecule has 0 unspecified atom stereocenters. The van der Waals surface area contributed by atoms with Crippen molar-refractivity contribution in [1.29, 1.82) is 0 Å². The van der Waals surface area contributed by atoms with Crippen LogP contribution >= 0.6 is 34.3 Å². The molecule has 2 aromatic heterocycles. The third-order valence-electron chi connectivity index (χ3n) is 2.50. The van der Waals surface area contributed by atoms with E-state index >= 15 is 0 Å². The second-order valence-electron chi connectivity index (χ2n) is 5.33. The van der Waals surface area contributed by atoms with Gasteiger partial charge in [-0.15, -0.1) is 22.7 Å². The van der Waals surface area contributed by atoms with Gasteiger partial charge in [0.2, 0.25) is 0 Å². The maximum atomic E-state index is 12.4. The highest BCUT2D eigenvalue weighted by Crippen LogP contribution is 2.35. The molecule has 0 fully saturated rings. The summed E-state index contributed by atoms with van der Waals surface area (Å²) < 4.78 is 37.9. The van der Waals surface area contributed by atoms with Crippen molar-refractivity contribution in [3.63, 3.8) is 0 Å². The maximum Gasteiger partial charge on any atom is 0.443 e. The minimum absolute atomic E-state index is 0.0433. The Labute approximate surface area is 133 Å². The van der Waals surface area contributed by atoms with Crippen LogP contribution in [0, 0.1) is 11.8 Å². The van der Waals surface area contributed by atoms with Crippen LogP contribution in [-0.4, -0.2) is 4.98 Å². The Morgan fingerprint density at radius 3 is 2.33 bits per heavy atom. The van der Waals surface area contributed by atoms with Gasteiger partial charge in [-0.25, -0.2) is 4.98 Å². The quantitative estimate of drug-likeness (QED) is 0.566. The maximum absolute atomic E-state index is 12.4. The van der Waals surface area contributed by atoms with Crippen LogP contribution < -0.4 is 0 Å². The van der Waals surface area contributed by atoms with Gasteiger partial charge in [0, 0.05) is 10.3 Å². The van der Waals surface area contributed by atoms with Crippen molar-refractivity contribution in [2.75, 3.05) is 0 Å². The second kappa shape index (κ2) is 5.64. The van der Waals surface area contributed by atoms with Gasteiger partial charge in [0.05, 0.1) is 5.56 Å². The first-order chi connectivity index (χ1) is 9.57. The minimum atomic E-state index is -4.43. The van der Waals surface area contributed by atoms with E-state index in [0.29, 0.717) is 21.2 Å². The van der Waals surface area contributed by atoms with E-state index in [9.17, 15) is 13.2 Å². The van der Waals surface area contributed by atoms with E-state index in [1.807, 2.05) is 6.07 Å². The summed E-state index contributed by atoms with van der Waals surface area (Å²) in [5, 5.41) is 0.402. The lowest BCUT2D eigenvalue weighted by Gasteiger charge is -2.14. The molecule has 2 aromatic rings. The fourth-order valence-electron chi connectivity index (χ4n) is 1.42. The first-order valence-corrected chi connectivity index (χ1v) is 7.99. The van der Waals surface area contributed by atoms with Crippen LogP contribution in [0.2, 0.25) is 4.34 Å². The van der Waals surface area contributed by atoms with Crippen molar-refractivity contribution in [2.24, 2.45) is 0 Å². The summed E-state index contributed by atoms with van der Waals surface area (Å²) in [7, 11) is 0.